The maximum absolute atomic E-state index is 11.5. The highest BCUT2D eigenvalue weighted by Crippen LogP contribution is 1.99. The molecule has 2 nitrogen and oxygen atoms in total. The van der Waals surface area contributed by atoms with Crippen molar-refractivity contribution in [1.29, 1.82) is 0 Å². The first-order valence-electron chi connectivity index (χ1n) is 5.74. The van der Waals surface area contributed by atoms with E-state index >= 15 is 0 Å². The molecule has 80 valence electrons. The molecule has 15 heavy (non-hydrogen) atoms. The Morgan fingerprint density at radius 1 is 1.13 bits per heavy atom. The third-order valence-corrected chi connectivity index (χ3v) is 2.98. The van der Waals surface area contributed by atoms with Gasteiger partial charge >= 0.3 is 0 Å². The van der Waals surface area contributed by atoms with Crippen molar-refractivity contribution in [3.05, 3.63) is 35.9 Å². The highest BCUT2D eigenvalue weighted by Gasteiger charge is 2.17. The van der Waals surface area contributed by atoms with Gasteiger partial charge in [0.15, 0.2) is 5.78 Å². The maximum Gasteiger partial charge on any atom is 0.186 e. The SMILES string of the molecule is O=C1CCCC[NH+](Cc2ccccc2)C1. The van der Waals surface area contributed by atoms with Crippen LogP contribution in [-0.2, 0) is 11.3 Å². The first-order valence-corrected chi connectivity index (χ1v) is 5.74. The molecule has 1 aromatic rings. The first kappa shape index (κ1) is 10.4. The van der Waals surface area contributed by atoms with Crippen LogP contribution in [0.4, 0.5) is 0 Å². The predicted molar refractivity (Wildman–Crippen MR) is 59.7 cm³/mol. The van der Waals surface area contributed by atoms with Crippen LogP contribution in [-0.4, -0.2) is 18.9 Å². The third-order valence-electron chi connectivity index (χ3n) is 2.98. The van der Waals surface area contributed by atoms with E-state index in [2.05, 4.69) is 24.3 Å². The van der Waals surface area contributed by atoms with Gasteiger partial charge in [-0.2, -0.15) is 0 Å². The lowest BCUT2D eigenvalue weighted by atomic mass is 10.2. The first-order chi connectivity index (χ1) is 7.34. The number of nitrogens with one attached hydrogen (secondary N) is 1. The van der Waals surface area contributed by atoms with E-state index in [-0.39, 0.29) is 0 Å². The Balaban J connectivity index is 1.96. The van der Waals surface area contributed by atoms with Crippen LogP contribution in [0.2, 0.25) is 0 Å². The molecular weight excluding hydrogens is 186 g/mol. The van der Waals surface area contributed by atoms with Crippen LogP contribution >= 0.6 is 0 Å². The number of quaternary nitrogens is 1. The van der Waals surface area contributed by atoms with Crippen molar-refractivity contribution in [2.45, 2.75) is 25.8 Å². The quantitative estimate of drug-likeness (QED) is 0.757. The second-order valence-electron chi connectivity index (χ2n) is 4.33. The Bertz CT molecular complexity index is 321. The molecule has 1 aromatic carbocycles. The zero-order chi connectivity index (χ0) is 10.5. The maximum atomic E-state index is 11.5. The van der Waals surface area contributed by atoms with Crippen molar-refractivity contribution < 1.29 is 9.69 Å². The average molecular weight is 204 g/mol. The predicted octanol–water partition coefficient (Wildman–Crippen LogP) is 0.824. The number of ketones is 1. The van der Waals surface area contributed by atoms with Crippen LogP contribution in [0.25, 0.3) is 0 Å². The monoisotopic (exact) mass is 204 g/mol. The van der Waals surface area contributed by atoms with E-state index in [0.717, 1.165) is 32.5 Å². The Labute approximate surface area is 90.9 Å². The van der Waals surface area contributed by atoms with E-state index in [1.165, 1.54) is 16.9 Å². The van der Waals surface area contributed by atoms with E-state index < -0.39 is 0 Å². The fraction of sp³-hybridized carbons (Fsp3) is 0.462. The number of benzene rings is 1. The van der Waals surface area contributed by atoms with Crippen LogP contribution in [0, 0.1) is 0 Å². The van der Waals surface area contributed by atoms with Crippen molar-refractivity contribution in [2.24, 2.45) is 0 Å². The standard InChI is InChI=1S/C13H17NO/c15-13-8-4-5-9-14(11-13)10-12-6-2-1-3-7-12/h1-3,6-7H,4-5,8-11H2/p+1. The molecule has 0 saturated carbocycles. The molecule has 1 N–H and O–H groups in total. The number of rotatable bonds is 2. The second kappa shape index (κ2) is 5.08. The van der Waals surface area contributed by atoms with E-state index in [0.29, 0.717) is 5.78 Å². The van der Waals surface area contributed by atoms with Crippen molar-refractivity contribution in [2.75, 3.05) is 13.1 Å². The van der Waals surface area contributed by atoms with Crippen LogP contribution in [0.5, 0.6) is 0 Å². The van der Waals surface area contributed by atoms with Crippen molar-refractivity contribution in [3.63, 3.8) is 0 Å². The van der Waals surface area contributed by atoms with Gasteiger partial charge in [-0.05, 0) is 12.8 Å². The molecule has 0 aromatic heterocycles. The average Bonchev–Trinajstić information content (AvgIpc) is 2.44. The second-order valence-corrected chi connectivity index (χ2v) is 4.33. The zero-order valence-corrected chi connectivity index (χ0v) is 9.04. The molecule has 2 rings (SSSR count). The van der Waals surface area contributed by atoms with E-state index in [1.807, 2.05) is 6.07 Å². The molecule has 1 unspecified atom stereocenters. The molecule has 1 saturated heterocycles. The molecule has 1 heterocycles. The van der Waals surface area contributed by atoms with E-state index in [9.17, 15) is 4.79 Å². The summed E-state index contributed by atoms with van der Waals surface area (Å²) in [5, 5.41) is 0. The summed E-state index contributed by atoms with van der Waals surface area (Å²) in [6.45, 7) is 2.85. The summed E-state index contributed by atoms with van der Waals surface area (Å²) < 4.78 is 0. The summed E-state index contributed by atoms with van der Waals surface area (Å²) >= 11 is 0. The minimum atomic E-state index is 0.429. The molecule has 0 radical (unpaired) electrons. The smallest absolute Gasteiger partial charge is 0.186 e. The van der Waals surface area contributed by atoms with Crippen LogP contribution in [0.15, 0.2) is 30.3 Å². The van der Waals surface area contributed by atoms with Gasteiger partial charge in [0.25, 0.3) is 0 Å². The van der Waals surface area contributed by atoms with Gasteiger partial charge < -0.3 is 4.90 Å². The van der Waals surface area contributed by atoms with Crippen LogP contribution in [0.3, 0.4) is 0 Å². The molecule has 0 spiro atoms. The Hall–Kier alpha value is -1.15. The molecule has 1 aliphatic heterocycles. The summed E-state index contributed by atoms with van der Waals surface area (Å²) in [6, 6.07) is 10.4. The molecule has 1 aliphatic rings. The minimum absolute atomic E-state index is 0.429. The molecule has 0 aliphatic carbocycles. The number of likely N-dealkylation sites (tertiary alicyclic amines) is 1. The van der Waals surface area contributed by atoms with Gasteiger partial charge in [0.05, 0.1) is 6.54 Å². The van der Waals surface area contributed by atoms with E-state index in [1.54, 1.807) is 0 Å². The molecule has 0 amide bonds. The van der Waals surface area contributed by atoms with Crippen molar-refractivity contribution >= 4 is 5.78 Å². The Morgan fingerprint density at radius 3 is 2.73 bits per heavy atom. The lowest BCUT2D eigenvalue weighted by Gasteiger charge is -2.15. The van der Waals surface area contributed by atoms with Gasteiger partial charge in [0.2, 0.25) is 0 Å². The lowest BCUT2D eigenvalue weighted by molar-refractivity contribution is -0.905. The highest BCUT2D eigenvalue weighted by molar-refractivity contribution is 5.79. The third kappa shape index (κ3) is 3.17. The Kier molecular flexibility index (Phi) is 3.51. The van der Waals surface area contributed by atoms with Crippen LogP contribution < -0.4 is 4.90 Å². The summed E-state index contributed by atoms with van der Waals surface area (Å²) in [6.07, 6.45) is 3.06. The van der Waals surface area contributed by atoms with Gasteiger partial charge in [0.1, 0.15) is 13.1 Å². The molecule has 0 bridgehead atoms. The Morgan fingerprint density at radius 2 is 1.93 bits per heavy atom. The number of hydrogen-bond donors (Lipinski definition) is 1. The minimum Gasteiger partial charge on any atom is -0.325 e. The lowest BCUT2D eigenvalue weighted by Crippen LogP contribution is -3.11. The number of Topliss-reactive ketones (excluding diaryl/α,β-unsaturated/α-hetero) is 1. The summed E-state index contributed by atoms with van der Waals surface area (Å²) in [7, 11) is 0. The van der Waals surface area contributed by atoms with Crippen molar-refractivity contribution in [1.82, 2.24) is 0 Å². The fourth-order valence-electron chi connectivity index (χ4n) is 2.19. The summed E-state index contributed by atoms with van der Waals surface area (Å²) in [5.74, 6) is 0.429. The van der Waals surface area contributed by atoms with Gasteiger partial charge in [-0.25, -0.2) is 0 Å². The zero-order valence-electron chi connectivity index (χ0n) is 9.04. The topological polar surface area (TPSA) is 21.5 Å². The molecule has 2 heteroatoms. The highest BCUT2D eigenvalue weighted by atomic mass is 16.1. The van der Waals surface area contributed by atoms with E-state index in [4.69, 9.17) is 0 Å². The van der Waals surface area contributed by atoms with Gasteiger partial charge in [-0.15, -0.1) is 0 Å². The molecular formula is C13H18NO+. The van der Waals surface area contributed by atoms with Gasteiger partial charge in [-0.1, -0.05) is 30.3 Å². The summed E-state index contributed by atoms with van der Waals surface area (Å²) in [5.41, 5.74) is 1.34. The fourth-order valence-corrected chi connectivity index (χ4v) is 2.19. The van der Waals surface area contributed by atoms with Crippen LogP contribution in [0.1, 0.15) is 24.8 Å². The number of hydrogen-bond acceptors (Lipinski definition) is 1. The molecule has 1 fully saturated rings. The number of carbonyl (C=O) groups excluding carboxylic acids is 1. The van der Waals surface area contributed by atoms with Gasteiger partial charge in [-0.3, -0.25) is 4.79 Å². The number of carbonyl (C=O) groups is 1. The van der Waals surface area contributed by atoms with Gasteiger partial charge in [0, 0.05) is 12.0 Å². The largest absolute Gasteiger partial charge is 0.325 e. The normalized spacial score (nSPS) is 22.4. The molecule has 1 atom stereocenters. The van der Waals surface area contributed by atoms with Crippen molar-refractivity contribution in [3.8, 4) is 0 Å². The summed E-state index contributed by atoms with van der Waals surface area (Å²) in [4.78, 5) is 12.9.